The average Bonchev–Trinajstić information content (AvgIpc) is 2.61. The highest BCUT2D eigenvalue weighted by Gasteiger charge is 2.38. The minimum absolute atomic E-state index is 0.0835. The summed E-state index contributed by atoms with van der Waals surface area (Å²) in [5, 5.41) is 2.71. The first-order valence-electron chi connectivity index (χ1n) is 8.89. The van der Waals surface area contributed by atoms with Gasteiger partial charge in [0.15, 0.2) is 0 Å². The molecule has 1 amide bonds. The van der Waals surface area contributed by atoms with E-state index >= 15 is 0 Å². The van der Waals surface area contributed by atoms with E-state index in [-0.39, 0.29) is 5.41 Å². The Morgan fingerprint density at radius 1 is 1.28 bits per heavy atom. The van der Waals surface area contributed by atoms with Gasteiger partial charge < -0.3 is 11.1 Å². The Morgan fingerprint density at radius 2 is 2.04 bits per heavy atom. The molecule has 1 heterocycles. The maximum absolute atomic E-state index is 10.8. The number of nitrogens with two attached hydrogens (primary N) is 1. The molecule has 4 nitrogen and oxygen atoms in total. The number of benzene rings is 2. The smallest absolute Gasteiger partial charge is 0.211 e. The minimum Gasteiger partial charge on any atom is -0.397 e. The van der Waals surface area contributed by atoms with E-state index in [0.29, 0.717) is 23.7 Å². The monoisotopic (exact) mass is 337 g/mol. The number of rotatable bonds is 5. The van der Waals surface area contributed by atoms with Crippen molar-refractivity contribution in [3.63, 3.8) is 0 Å². The molecule has 1 fully saturated rings. The molecule has 0 saturated carbocycles. The lowest BCUT2D eigenvalue weighted by Gasteiger charge is -2.45. The maximum Gasteiger partial charge on any atom is 0.211 e. The number of nitrogens with zero attached hydrogens (tertiary/aromatic N) is 1. The normalized spacial score (nSPS) is 24.0. The zero-order chi connectivity index (χ0) is 17.9. The van der Waals surface area contributed by atoms with Crippen molar-refractivity contribution in [3.8, 4) is 0 Å². The minimum atomic E-state index is 0.0835. The molecule has 0 bridgehead atoms. The Balaban J connectivity index is 1.75. The van der Waals surface area contributed by atoms with E-state index < -0.39 is 0 Å². The summed E-state index contributed by atoms with van der Waals surface area (Å²) in [5.41, 5.74) is 9.96. The molecule has 2 unspecified atom stereocenters. The van der Waals surface area contributed by atoms with E-state index in [9.17, 15) is 4.79 Å². The summed E-state index contributed by atoms with van der Waals surface area (Å²) >= 11 is 0. The van der Waals surface area contributed by atoms with Gasteiger partial charge in [0.2, 0.25) is 6.41 Å². The van der Waals surface area contributed by atoms with Crippen molar-refractivity contribution < 1.29 is 4.79 Å². The Bertz CT molecular complexity index is 731. The van der Waals surface area contributed by atoms with E-state index in [1.54, 1.807) is 0 Å². The molecule has 4 heteroatoms. The third-order valence-corrected chi connectivity index (χ3v) is 5.74. The van der Waals surface area contributed by atoms with Crippen molar-refractivity contribution in [2.75, 3.05) is 24.1 Å². The Hall–Kier alpha value is -2.33. The highest BCUT2D eigenvalue weighted by molar-refractivity contribution is 5.80. The molecule has 1 aliphatic heterocycles. The van der Waals surface area contributed by atoms with E-state index in [4.69, 9.17) is 5.73 Å². The van der Waals surface area contributed by atoms with E-state index in [1.807, 2.05) is 12.1 Å². The van der Waals surface area contributed by atoms with Crippen LogP contribution >= 0.6 is 0 Å². The fraction of sp³-hybridized carbons (Fsp3) is 0.381. The maximum atomic E-state index is 10.8. The zero-order valence-corrected chi connectivity index (χ0v) is 15.0. The number of anilines is 2. The van der Waals surface area contributed by atoms with Gasteiger partial charge in [0.05, 0.1) is 11.4 Å². The highest BCUT2D eigenvalue weighted by Crippen LogP contribution is 2.41. The number of hydrogen-bond donors (Lipinski definition) is 2. The van der Waals surface area contributed by atoms with E-state index in [1.165, 1.54) is 11.1 Å². The van der Waals surface area contributed by atoms with Crippen LogP contribution in [0.15, 0.2) is 48.5 Å². The molecule has 0 radical (unpaired) electrons. The van der Waals surface area contributed by atoms with Crippen LogP contribution in [0.1, 0.15) is 31.4 Å². The molecular weight excluding hydrogens is 310 g/mol. The largest absolute Gasteiger partial charge is 0.397 e. The van der Waals surface area contributed by atoms with Gasteiger partial charge in [-0.15, -0.1) is 0 Å². The quantitative estimate of drug-likeness (QED) is 0.647. The van der Waals surface area contributed by atoms with Gasteiger partial charge in [-0.1, -0.05) is 50.2 Å². The lowest BCUT2D eigenvalue weighted by atomic mass is 9.68. The molecule has 0 aromatic heterocycles. The summed E-state index contributed by atoms with van der Waals surface area (Å²) in [4.78, 5) is 13.3. The predicted octanol–water partition coefficient (Wildman–Crippen LogP) is 3.64. The molecule has 2 aromatic rings. The molecule has 3 N–H and O–H groups in total. The van der Waals surface area contributed by atoms with Gasteiger partial charge in [-0.2, -0.15) is 0 Å². The molecule has 132 valence electrons. The first kappa shape index (κ1) is 17.5. The summed E-state index contributed by atoms with van der Waals surface area (Å²) in [6.45, 7) is 7.78. The Labute approximate surface area is 150 Å². The van der Waals surface area contributed by atoms with Crippen molar-refractivity contribution >= 4 is 17.8 Å². The number of hydrogen-bond acceptors (Lipinski definition) is 3. The van der Waals surface area contributed by atoms with Crippen LogP contribution in [0.25, 0.3) is 0 Å². The van der Waals surface area contributed by atoms with Crippen molar-refractivity contribution in [1.29, 1.82) is 0 Å². The molecule has 3 rings (SSSR count). The zero-order valence-electron chi connectivity index (χ0n) is 15.0. The average molecular weight is 337 g/mol. The number of carbonyl (C=O) groups excluding carboxylic acids is 1. The molecule has 1 aliphatic rings. The third-order valence-electron chi connectivity index (χ3n) is 5.74. The van der Waals surface area contributed by atoms with Crippen LogP contribution < -0.4 is 11.1 Å². The number of nitrogens with one attached hydrogen (secondary N) is 1. The summed E-state index contributed by atoms with van der Waals surface area (Å²) in [7, 11) is 0. The van der Waals surface area contributed by atoms with Gasteiger partial charge in [-0.3, -0.25) is 9.69 Å². The van der Waals surface area contributed by atoms with Gasteiger partial charge in [-0.05, 0) is 47.6 Å². The van der Waals surface area contributed by atoms with Crippen LogP contribution in [0, 0.1) is 5.92 Å². The molecule has 0 spiro atoms. The predicted molar refractivity (Wildman–Crippen MR) is 103 cm³/mol. The lowest BCUT2D eigenvalue weighted by molar-refractivity contribution is -0.105. The molecule has 2 aromatic carbocycles. The molecule has 0 aliphatic carbocycles. The van der Waals surface area contributed by atoms with Gasteiger partial charge >= 0.3 is 0 Å². The summed E-state index contributed by atoms with van der Waals surface area (Å²) in [6.07, 6.45) is 1.77. The molecule has 1 saturated heterocycles. The first-order valence-corrected chi connectivity index (χ1v) is 8.89. The first-order chi connectivity index (χ1) is 12.0. The van der Waals surface area contributed by atoms with Gasteiger partial charge in [0, 0.05) is 13.1 Å². The number of piperidine rings is 1. The van der Waals surface area contributed by atoms with Crippen LogP contribution in [0.2, 0.25) is 0 Å². The second kappa shape index (κ2) is 7.28. The van der Waals surface area contributed by atoms with E-state index in [0.717, 1.165) is 26.1 Å². The Kier molecular flexibility index (Phi) is 5.09. The topological polar surface area (TPSA) is 58.4 Å². The van der Waals surface area contributed by atoms with Crippen molar-refractivity contribution in [3.05, 3.63) is 59.7 Å². The number of nitrogen functional groups attached to an aromatic ring is 1. The van der Waals surface area contributed by atoms with Crippen LogP contribution in [-0.4, -0.2) is 24.4 Å². The summed E-state index contributed by atoms with van der Waals surface area (Å²) in [6, 6.07) is 16.7. The molecule has 25 heavy (non-hydrogen) atoms. The third kappa shape index (κ3) is 3.69. The van der Waals surface area contributed by atoms with Crippen LogP contribution in [0.4, 0.5) is 11.4 Å². The number of carbonyl (C=O) groups is 1. The number of likely N-dealkylation sites (tertiary alicyclic amines) is 1. The summed E-state index contributed by atoms with van der Waals surface area (Å²) < 4.78 is 0. The van der Waals surface area contributed by atoms with Gasteiger partial charge in [0.1, 0.15) is 0 Å². The van der Waals surface area contributed by atoms with Crippen molar-refractivity contribution in [2.45, 2.75) is 32.2 Å². The van der Waals surface area contributed by atoms with Gasteiger partial charge in [0.25, 0.3) is 0 Å². The highest BCUT2D eigenvalue weighted by atomic mass is 16.1. The SMILES string of the molecule is CC1CN(Cc2ccccc2)CCC1(C)c1ccc(N)c(NC=O)c1. The fourth-order valence-corrected chi connectivity index (χ4v) is 3.83. The molecular formula is C21H27N3O. The van der Waals surface area contributed by atoms with Crippen molar-refractivity contribution in [2.24, 2.45) is 5.92 Å². The summed E-state index contributed by atoms with van der Waals surface area (Å²) in [5.74, 6) is 0.512. The van der Waals surface area contributed by atoms with Crippen LogP contribution in [-0.2, 0) is 16.8 Å². The second-order valence-corrected chi connectivity index (χ2v) is 7.35. The van der Waals surface area contributed by atoms with Crippen molar-refractivity contribution in [1.82, 2.24) is 4.90 Å². The Morgan fingerprint density at radius 3 is 2.72 bits per heavy atom. The fourth-order valence-electron chi connectivity index (χ4n) is 3.83. The second-order valence-electron chi connectivity index (χ2n) is 7.35. The van der Waals surface area contributed by atoms with E-state index in [2.05, 4.69) is 60.5 Å². The number of amides is 1. The van der Waals surface area contributed by atoms with Gasteiger partial charge in [-0.25, -0.2) is 0 Å². The lowest BCUT2D eigenvalue weighted by Crippen LogP contribution is -2.46. The molecule has 2 atom stereocenters. The standard InChI is InChI=1S/C21H27N3O/c1-16-13-24(14-17-6-4-3-5-7-17)11-10-21(16,2)18-8-9-19(22)20(12-18)23-15-25/h3-9,12,15-16H,10-11,13-14,22H2,1-2H3,(H,23,25). The van der Waals surface area contributed by atoms with Crippen LogP contribution in [0.5, 0.6) is 0 Å². The van der Waals surface area contributed by atoms with Crippen LogP contribution in [0.3, 0.4) is 0 Å².